The highest BCUT2D eigenvalue weighted by Gasteiger charge is 1.99. The van der Waals surface area contributed by atoms with Crippen molar-refractivity contribution in [1.82, 2.24) is 4.90 Å². The van der Waals surface area contributed by atoms with E-state index in [1.165, 1.54) is 0 Å². The van der Waals surface area contributed by atoms with Crippen LogP contribution in [0.5, 0.6) is 5.75 Å². The first-order valence-electron chi connectivity index (χ1n) is 6.61. The second kappa shape index (κ2) is 8.58. The van der Waals surface area contributed by atoms with Crippen molar-refractivity contribution >= 4 is 0 Å². The molecule has 3 nitrogen and oxygen atoms in total. The molecule has 0 fully saturated rings. The van der Waals surface area contributed by atoms with Crippen LogP contribution in [0, 0.1) is 18.8 Å². The molecule has 1 N–H and O–H groups in total. The molecule has 0 unspecified atom stereocenters. The molecule has 0 heterocycles. The van der Waals surface area contributed by atoms with Crippen LogP contribution in [0.15, 0.2) is 18.2 Å². The van der Waals surface area contributed by atoms with E-state index in [-0.39, 0.29) is 6.61 Å². The highest BCUT2D eigenvalue weighted by atomic mass is 16.5. The van der Waals surface area contributed by atoms with Crippen molar-refractivity contribution in [2.24, 2.45) is 0 Å². The smallest absolute Gasteiger partial charge is 0.119 e. The quantitative estimate of drug-likeness (QED) is 0.628. The van der Waals surface area contributed by atoms with Gasteiger partial charge in [-0.1, -0.05) is 11.8 Å². The standard InChI is InChI=1S/C16H23NO2/c1-14-13-16(19-12-6-10-17(2)3)9-8-15(14)7-4-5-11-18/h8-9,13,18H,5-6,10-12H2,1-3H3. The number of benzene rings is 1. The molecule has 0 saturated heterocycles. The van der Waals surface area contributed by atoms with E-state index in [4.69, 9.17) is 9.84 Å². The Morgan fingerprint density at radius 2 is 2.11 bits per heavy atom. The normalized spacial score (nSPS) is 10.2. The maximum absolute atomic E-state index is 8.69. The Bertz CT molecular complexity index is 444. The van der Waals surface area contributed by atoms with Gasteiger partial charge in [0, 0.05) is 18.5 Å². The molecule has 1 rings (SSSR count). The number of hydrogen-bond acceptors (Lipinski definition) is 3. The molecule has 0 aliphatic heterocycles. The van der Waals surface area contributed by atoms with Crippen LogP contribution in [0.4, 0.5) is 0 Å². The molecule has 0 aliphatic rings. The van der Waals surface area contributed by atoms with Crippen molar-refractivity contribution in [3.05, 3.63) is 29.3 Å². The minimum Gasteiger partial charge on any atom is -0.494 e. The van der Waals surface area contributed by atoms with Crippen LogP contribution in [-0.2, 0) is 0 Å². The minimum absolute atomic E-state index is 0.110. The van der Waals surface area contributed by atoms with Gasteiger partial charge < -0.3 is 14.7 Å². The topological polar surface area (TPSA) is 32.7 Å². The summed E-state index contributed by atoms with van der Waals surface area (Å²) in [7, 11) is 4.12. The zero-order valence-electron chi connectivity index (χ0n) is 12.1. The molecule has 3 heteroatoms. The second-order valence-electron chi connectivity index (χ2n) is 4.76. The van der Waals surface area contributed by atoms with E-state index in [9.17, 15) is 0 Å². The molecule has 19 heavy (non-hydrogen) atoms. The van der Waals surface area contributed by atoms with Crippen LogP contribution in [-0.4, -0.2) is 43.9 Å². The largest absolute Gasteiger partial charge is 0.494 e. The van der Waals surface area contributed by atoms with Crippen molar-refractivity contribution < 1.29 is 9.84 Å². The fourth-order valence-corrected chi connectivity index (χ4v) is 1.65. The predicted octanol–water partition coefficient (Wildman–Crippen LogP) is 2.06. The van der Waals surface area contributed by atoms with Gasteiger partial charge in [-0.2, -0.15) is 0 Å². The average Bonchev–Trinajstić information content (AvgIpc) is 2.37. The van der Waals surface area contributed by atoms with Crippen LogP contribution < -0.4 is 4.74 Å². The highest BCUT2D eigenvalue weighted by molar-refractivity contribution is 5.44. The van der Waals surface area contributed by atoms with Gasteiger partial charge in [-0.05, 0) is 51.2 Å². The van der Waals surface area contributed by atoms with Gasteiger partial charge in [0.2, 0.25) is 0 Å². The Hall–Kier alpha value is -1.50. The summed E-state index contributed by atoms with van der Waals surface area (Å²) in [5.74, 6) is 6.87. The molecular formula is C16H23NO2. The summed E-state index contributed by atoms with van der Waals surface area (Å²) >= 11 is 0. The van der Waals surface area contributed by atoms with Gasteiger partial charge in [0.1, 0.15) is 5.75 Å². The molecule has 0 amide bonds. The summed E-state index contributed by atoms with van der Waals surface area (Å²) in [6, 6.07) is 5.94. The van der Waals surface area contributed by atoms with Gasteiger partial charge in [0.05, 0.1) is 13.2 Å². The van der Waals surface area contributed by atoms with Gasteiger partial charge in [-0.3, -0.25) is 0 Å². The van der Waals surface area contributed by atoms with E-state index in [0.717, 1.165) is 36.4 Å². The zero-order valence-corrected chi connectivity index (χ0v) is 12.1. The fourth-order valence-electron chi connectivity index (χ4n) is 1.65. The Kier molecular flexibility index (Phi) is 7.02. The molecule has 1 aromatic rings. The van der Waals surface area contributed by atoms with Crippen LogP contribution in [0.3, 0.4) is 0 Å². The number of aliphatic hydroxyl groups is 1. The lowest BCUT2D eigenvalue weighted by Crippen LogP contribution is -2.15. The van der Waals surface area contributed by atoms with Crippen LogP contribution in [0.1, 0.15) is 24.0 Å². The molecular weight excluding hydrogens is 238 g/mol. The van der Waals surface area contributed by atoms with Gasteiger partial charge in [-0.15, -0.1) is 0 Å². The number of ether oxygens (including phenoxy) is 1. The fraction of sp³-hybridized carbons (Fsp3) is 0.500. The third kappa shape index (κ3) is 6.28. The van der Waals surface area contributed by atoms with Gasteiger partial charge in [0.15, 0.2) is 0 Å². The Morgan fingerprint density at radius 1 is 1.32 bits per heavy atom. The first-order chi connectivity index (χ1) is 9.13. The summed E-state index contributed by atoms with van der Waals surface area (Å²) in [4.78, 5) is 2.15. The summed E-state index contributed by atoms with van der Waals surface area (Å²) in [6.45, 7) is 3.89. The van der Waals surface area contributed by atoms with Gasteiger partial charge in [0.25, 0.3) is 0 Å². The Balaban J connectivity index is 2.50. The molecule has 104 valence electrons. The van der Waals surface area contributed by atoms with Crippen molar-refractivity contribution in [2.45, 2.75) is 19.8 Å². The zero-order chi connectivity index (χ0) is 14.1. The molecule has 0 saturated carbocycles. The lowest BCUT2D eigenvalue weighted by Gasteiger charge is -2.11. The van der Waals surface area contributed by atoms with Crippen molar-refractivity contribution in [3.8, 4) is 17.6 Å². The number of hydrogen-bond donors (Lipinski definition) is 1. The van der Waals surface area contributed by atoms with Gasteiger partial charge >= 0.3 is 0 Å². The molecule has 0 aromatic heterocycles. The molecule has 0 radical (unpaired) electrons. The Morgan fingerprint density at radius 3 is 2.74 bits per heavy atom. The van der Waals surface area contributed by atoms with Crippen LogP contribution >= 0.6 is 0 Å². The summed E-state index contributed by atoms with van der Waals surface area (Å²) in [6.07, 6.45) is 1.53. The highest BCUT2D eigenvalue weighted by Crippen LogP contribution is 2.16. The minimum atomic E-state index is 0.110. The van der Waals surface area contributed by atoms with Crippen LogP contribution in [0.2, 0.25) is 0 Å². The van der Waals surface area contributed by atoms with Crippen molar-refractivity contribution in [3.63, 3.8) is 0 Å². The number of rotatable bonds is 6. The first kappa shape index (κ1) is 15.6. The summed E-state index contributed by atoms with van der Waals surface area (Å²) in [5, 5.41) is 8.69. The monoisotopic (exact) mass is 261 g/mol. The SMILES string of the molecule is Cc1cc(OCCCN(C)C)ccc1C#CCCO. The molecule has 1 aromatic carbocycles. The molecule has 0 atom stereocenters. The van der Waals surface area contributed by atoms with E-state index in [1.54, 1.807) is 0 Å². The van der Waals surface area contributed by atoms with E-state index >= 15 is 0 Å². The third-order valence-electron chi connectivity index (χ3n) is 2.68. The maximum atomic E-state index is 8.69. The first-order valence-corrected chi connectivity index (χ1v) is 6.61. The van der Waals surface area contributed by atoms with Crippen molar-refractivity contribution in [1.29, 1.82) is 0 Å². The van der Waals surface area contributed by atoms with Gasteiger partial charge in [-0.25, -0.2) is 0 Å². The predicted molar refractivity (Wildman–Crippen MR) is 78.4 cm³/mol. The summed E-state index contributed by atoms with van der Waals surface area (Å²) < 4.78 is 5.70. The molecule has 0 aliphatic carbocycles. The summed E-state index contributed by atoms with van der Waals surface area (Å²) in [5.41, 5.74) is 2.10. The lowest BCUT2D eigenvalue weighted by atomic mass is 10.1. The van der Waals surface area contributed by atoms with E-state index in [1.807, 2.05) is 25.1 Å². The van der Waals surface area contributed by atoms with E-state index in [0.29, 0.717) is 6.42 Å². The van der Waals surface area contributed by atoms with E-state index in [2.05, 4.69) is 30.8 Å². The number of aryl methyl sites for hydroxylation is 1. The lowest BCUT2D eigenvalue weighted by molar-refractivity contribution is 0.281. The Labute approximate surface area is 116 Å². The number of nitrogens with zero attached hydrogens (tertiary/aromatic N) is 1. The maximum Gasteiger partial charge on any atom is 0.119 e. The van der Waals surface area contributed by atoms with Crippen LogP contribution in [0.25, 0.3) is 0 Å². The second-order valence-corrected chi connectivity index (χ2v) is 4.76. The number of aliphatic hydroxyl groups excluding tert-OH is 1. The third-order valence-corrected chi connectivity index (χ3v) is 2.68. The van der Waals surface area contributed by atoms with Crippen molar-refractivity contribution in [2.75, 3.05) is 33.9 Å². The van der Waals surface area contributed by atoms with E-state index < -0.39 is 0 Å². The molecule has 0 spiro atoms. The molecule has 0 bridgehead atoms. The average molecular weight is 261 g/mol.